The maximum absolute atomic E-state index is 13.1. The molecule has 7 nitrogen and oxygen atoms in total. The van der Waals surface area contributed by atoms with Crippen LogP contribution >= 0.6 is 0 Å². The zero-order valence-electron chi connectivity index (χ0n) is 15.6. The summed E-state index contributed by atoms with van der Waals surface area (Å²) >= 11 is 0. The third-order valence-corrected chi connectivity index (χ3v) is 4.95. The lowest BCUT2D eigenvalue weighted by atomic mass is 9.94. The van der Waals surface area contributed by atoms with E-state index in [1.165, 1.54) is 12.1 Å². The summed E-state index contributed by atoms with van der Waals surface area (Å²) in [5, 5.41) is 16.0. The minimum Gasteiger partial charge on any atom is -0.433 e. The number of benzene rings is 1. The van der Waals surface area contributed by atoms with Gasteiger partial charge in [-0.05, 0) is 35.9 Å². The number of ether oxygens (including phenoxy) is 1. The van der Waals surface area contributed by atoms with Crippen LogP contribution in [-0.2, 0) is 0 Å². The van der Waals surface area contributed by atoms with Crippen molar-refractivity contribution in [2.24, 2.45) is 0 Å². The topological polar surface area (TPSA) is 80.6 Å². The second-order valence-electron chi connectivity index (χ2n) is 7.10. The lowest BCUT2D eigenvalue weighted by Gasteiger charge is -2.25. The standard InChI is InChI=1S/C20H18F2N6O/c1-20(21,22)29-15-4-2-14(3-5-15)28-19-17(18(27-28)13-8-23-9-13)16(6-7-24-19)12-10-25-26-11-12/h2-7,10-11,13,23H,8-9H2,1H3,(H,25,26). The molecule has 0 radical (unpaired) electrons. The first-order valence-corrected chi connectivity index (χ1v) is 9.24. The van der Waals surface area contributed by atoms with Gasteiger partial charge in [0.25, 0.3) is 0 Å². The zero-order chi connectivity index (χ0) is 20.0. The average Bonchev–Trinajstić information content (AvgIpc) is 3.28. The molecule has 2 N–H and O–H groups in total. The monoisotopic (exact) mass is 396 g/mol. The van der Waals surface area contributed by atoms with Gasteiger partial charge in [0.2, 0.25) is 0 Å². The Balaban J connectivity index is 1.64. The molecule has 4 heterocycles. The van der Waals surface area contributed by atoms with Crippen LogP contribution < -0.4 is 10.1 Å². The van der Waals surface area contributed by atoms with Gasteiger partial charge in [0.15, 0.2) is 5.65 Å². The molecule has 0 bridgehead atoms. The Morgan fingerprint density at radius 1 is 1.17 bits per heavy atom. The van der Waals surface area contributed by atoms with E-state index in [0.29, 0.717) is 12.6 Å². The normalized spacial score (nSPS) is 14.9. The fraction of sp³-hybridized carbons (Fsp3) is 0.250. The number of fused-ring (bicyclic) bond motifs is 1. The van der Waals surface area contributed by atoms with E-state index in [-0.39, 0.29) is 11.7 Å². The highest BCUT2D eigenvalue weighted by atomic mass is 19.3. The molecule has 148 valence electrons. The lowest BCUT2D eigenvalue weighted by molar-refractivity contribution is -0.158. The molecule has 1 aliphatic rings. The predicted molar refractivity (Wildman–Crippen MR) is 103 cm³/mol. The number of hydrogen-bond donors (Lipinski definition) is 2. The van der Waals surface area contributed by atoms with Crippen LogP contribution in [0.15, 0.2) is 48.9 Å². The van der Waals surface area contributed by atoms with Crippen molar-refractivity contribution in [3.63, 3.8) is 0 Å². The largest absolute Gasteiger partial charge is 0.433 e. The van der Waals surface area contributed by atoms with Gasteiger partial charge in [-0.3, -0.25) is 5.10 Å². The van der Waals surface area contributed by atoms with E-state index >= 15 is 0 Å². The number of H-pyrrole nitrogens is 1. The molecule has 1 saturated heterocycles. The molecule has 9 heteroatoms. The summed E-state index contributed by atoms with van der Waals surface area (Å²) in [6.07, 6.45) is 2.12. The molecule has 1 fully saturated rings. The molecule has 0 amide bonds. The molecular formula is C20H18F2N6O. The molecule has 1 aliphatic heterocycles. The van der Waals surface area contributed by atoms with E-state index in [9.17, 15) is 8.78 Å². The van der Waals surface area contributed by atoms with Gasteiger partial charge >= 0.3 is 6.11 Å². The molecular weight excluding hydrogens is 378 g/mol. The third kappa shape index (κ3) is 3.23. The van der Waals surface area contributed by atoms with Gasteiger partial charge in [0, 0.05) is 43.9 Å². The summed E-state index contributed by atoms with van der Waals surface area (Å²) in [4.78, 5) is 4.57. The molecule has 1 aromatic carbocycles. The van der Waals surface area contributed by atoms with Crippen molar-refractivity contribution in [3.8, 4) is 22.6 Å². The molecule has 3 aromatic heterocycles. The van der Waals surface area contributed by atoms with E-state index in [1.807, 2.05) is 12.3 Å². The second-order valence-corrected chi connectivity index (χ2v) is 7.10. The maximum Gasteiger partial charge on any atom is 0.394 e. The van der Waals surface area contributed by atoms with Crippen molar-refractivity contribution < 1.29 is 13.5 Å². The van der Waals surface area contributed by atoms with E-state index in [2.05, 4.69) is 25.2 Å². The highest BCUT2D eigenvalue weighted by Gasteiger charge is 2.28. The van der Waals surface area contributed by atoms with Crippen LogP contribution in [0.25, 0.3) is 27.8 Å². The van der Waals surface area contributed by atoms with E-state index < -0.39 is 6.11 Å². The highest BCUT2D eigenvalue weighted by molar-refractivity contribution is 5.95. The minimum absolute atomic E-state index is 0.0909. The van der Waals surface area contributed by atoms with Crippen LogP contribution in [0.3, 0.4) is 0 Å². The SMILES string of the molecule is CC(F)(F)Oc1ccc(-n2nc(C3CNC3)c3c(-c4cn[nH]c4)ccnc32)cc1. The smallest absolute Gasteiger partial charge is 0.394 e. The van der Waals surface area contributed by atoms with Gasteiger partial charge in [-0.25, -0.2) is 9.67 Å². The van der Waals surface area contributed by atoms with Crippen molar-refractivity contribution in [2.45, 2.75) is 19.0 Å². The zero-order valence-corrected chi connectivity index (χ0v) is 15.6. The van der Waals surface area contributed by atoms with E-state index in [1.54, 1.807) is 29.2 Å². The molecule has 0 unspecified atom stereocenters. The van der Waals surface area contributed by atoms with Gasteiger partial charge in [-0.2, -0.15) is 19.0 Å². The quantitative estimate of drug-likeness (QED) is 0.540. The van der Waals surface area contributed by atoms with Crippen LogP contribution in [0.4, 0.5) is 8.78 Å². The Hall–Kier alpha value is -3.33. The first kappa shape index (κ1) is 17.7. The predicted octanol–water partition coefficient (Wildman–Crippen LogP) is 3.49. The third-order valence-electron chi connectivity index (χ3n) is 4.95. The van der Waals surface area contributed by atoms with E-state index in [4.69, 9.17) is 5.10 Å². The molecule has 4 aromatic rings. The maximum atomic E-state index is 13.1. The number of aromatic amines is 1. The second kappa shape index (κ2) is 6.63. The number of halogens is 2. The fourth-order valence-corrected chi connectivity index (χ4v) is 3.52. The highest BCUT2D eigenvalue weighted by Crippen LogP contribution is 2.35. The van der Waals surface area contributed by atoms with E-state index in [0.717, 1.165) is 41.0 Å². The Kier molecular flexibility index (Phi) is 4.06. The van der Waals surface area contributed by atoms with Gasteiger partial charge in [0.1, 0.15) is 5.75 Å². The van der Waals surface area contributed by atoms with Crippen molar-refractivity contribution in [2.75, 3.05) is 13.1 Å². The van der Waals surface area contributed by atoms with Crippen molar-refractivity contribution in [3.05, 3.63) is 54.6 Å². The molecule has 0 spiro atoms. The summed E-state index contributed by atoms with van der Waals surface area (Å²) in [5.74, 6) is 0.378. The average molecular weight is 396 g/mol. The summed E-state index contributed by atoms with van der Waals surface area (Å²) in [6, 6.07) is 8.36. The Labute approximate surface area is 164 Å². The number of nitrogens with one attached hydrogen (secondary N) is 2. The molecule has 0 saturated carbocycles. The van der Waals surface area contributed by atoms with Crippen LogP contribution in [0.2, 0.25) is 0 Å². The van der Waals surface area contributed by atoms with Crippen LogP contribution in [0, 0.1) is 0 Å². The van der Waals surface area contributed by atoms with Gasteiger partial charge in [-0.15, -0.1) is 0 Å². The minimum atomic E-state index is -3.23. The molecule has 29 heavy (non-hydrogen) atoms. The van der Waals surface area contributed by atoms with Crippen LogP contribution in [0.5, 0.6) is 5.75 Å². The Morgan fingerprint density at radius 2 is 1.97 bits per heavy atom. The fourth-order valence-electron chi connectivity index (χ4n) is 3.52. The molecule has 0 atom stereocenters. The van der Waals surface area contributed by atoms with Crippen molar-refractivity contribution in [1.29, 1.82) is 0 Å². The molecule has 0 aliphatic carbocycles. The number of rotatable bonds is 5. The molecule has 5 rings (SSSR count). The number of nitrogens with zero attached hydrogens (tertiary/aromatic N) is 4. The van der Waals surface area contributed by atoms with Gasteiger partial charge in [-0.1, -0.05) is 0 Å². The number of alkyl halides is 2. The van der Waals surface area contributed by atoms with Crippen molar-refractivity contribution in [1.82, 2.24) is 30.3 Å². The number of pyridine rings is 1. The lowest BCUT2D eigenvalue weighted by Crippen LogP contribution is -2.40. The van der Waals surface area contributed by atoms with Gasteiger partial charge in [0.05, 0.1) is 23.0 Å². The first-order valence-electron chi connectivity index (χ1n) is 9.24. The Morgan fingerprint density at radius 3 is 2.59 bits per heavy atom. The Bertz CT molecular complexity index is 1140. The first-order chi connectivity index (χ1) is 14.0. The summed E-state index contributed by atoms with van der Waals surface area (Å²) in [5.41, 5.74) is 4.35. The summed E-state index contributed by atoms with van der Waals surface area (Å²) < 4.78 is 32.6. The summed E-state index contributed by atoms with van der Waals surface area (Å²) in [6.45, 7) is 2.41. The van der Waals surface area contributed by atoms with Gasteiger partial charge < -0.3 is 10.1 Å². The number of aromatic nitrogens is 5. The van der Waals surface area contributed by atoms with Crippen LogP contribution in [-0.4, -0.2) is 44.2 Å². The van der Waals surface area contributed by atoms with Crippen LogP contribution in [0.1, 0.15) is 18.5 Å². The number of hydrogen-bond acceptors (Lipinski definition) is 5. The summed E-state index contributed by atoms with van der Waals surface area (Å²) in [7, 11) is 0. The van der Waals surface area contributed by atoms with Crippen molar-refractivity contribution >= 4 is 11.0 Å².